The normalized spacial score (nSPS) is 18.8. The molecule has 0 spiro atoms. The number of benzene rings is 4. The lowest BCUT2D eigenvalue weighted by atomic mass is 9.95. The van der Waals surface area contributed by atoms with E-state index in [-0.39, 0.29) is 36.8 Å². The average Bonchev–Trinajstić information content (AvgIpc) is 3.36. The Kier molecular flexibility index (Phi) is 11.2. The molecule has 4 aliphatic rings. The van der Waals surface area contributed by atoms with Crippen LogP contribution in [0.15, 0.2) is 155 Å². The Morgan fingerprint density at radius 2 is 0.906 bits per heavy atom. The summed E-state index contributed by atoms with van der Waals surface area (Å²) in [7, 11) is 0. The lowest BCUT2D eigenvalue weighted by Crippen LogP contribution is -2.55. The molecule has 0 saturated heterocycles. The van der Waals surface area contributed by atoms with Crippen molar-refractivity contribution in [3.63, 3.8) is 0 Å². The second kappa shape index (κ2) is 17.4. The van der Waals surface area contributed by atoms with Gasteiger partial charge in [0.1, 0.15) is 50.1 Å². The largest absolute Gasteiger partial charge is 0.502 e. The van der Waals surface area contributed by atoms with Gasteiger partial charge in [0.15, 0.2) is 22.9 Å². The maximum atomic E-state index is 13.2. The minimum Gasteiger partial charge on any atom is -0.502 e. The Bertz CT molecular complexity index is 2730. The molecule has 6 aromatic rings. The van der Waals surface area contributed by atoms with E-state index in [1.165, 1.54) is 12.1 Å². The molecule has 4 aromatic carbocycles. The molecule has 10 rings (SSSR count). The first-order valence-corrected chi connectivity index (χ1v) is 21.0. The number of hydrogen-bond donors (Lipinski definition) is 2. The van der Waals surface area contributed by atoms with E-state index in [0.717, 1.165) is 44.9 Å². The maximum Gasteiger partial charge on any atom is 0.278 e. The first kappa shape index (κ1) is 41.4. The number of rotatable bonds is 2. The Labute approximate surface area is 368 Å². The van der Waals surface area contributed by atoms with Crippen LogP contribution in [0, 0.1) is 13.8 Å². The van der Waals surface area contributed by atoms with Crippen LogP contribution in [0.3, 0.4) is 0 Å². The van der Waals surface area contributed by atoms with Crippen LogP contribution in [0.5, 0.6) is 23.0 Å². The second-order valence-electron chi connectivity index (χ2n) is 15.8. The van der Waals surface area contributed by atoms with E-state index in [0.29, 0.717) is 26.3 Å². The fourth-order valence-corrected chi connectivity index (χ4v) is 8.74. The minimum absolute atomic E-state index is 0.0348. The Morgan fingerprint density at radius 3 is 1.31 bits per heavy atom. The van der Waals surface area contributed by atoms with Crippen LogP contribution in [0.25, 0.3) is 0 Å². The summed E-state index contributed by atoms with van der Waals surface area (Å²) in [5, 5.41) is 25.1. The first-order chi connectivity index (χ1) is 31.1. The predicted octanol–water partition coefficient (Wildman–Crippen LogP) is 5.90. The first-order valence-electron chi connectivity index (χ1n) is 21.0. The molecule has 2 atom stereocenters. The van der Waals surface area contributed by atoms with E-state index in [9.17, 15) is 29.4 Å². The summed E-state index contributed by atoms with van der Waals surface area (Å²) in [5.74, 6) is -0.307. The summed E-state index contributed by atoms with van der Waals surface area (Å²) in [6, 6.07) is 33.8. The molecule has 2 aromatic heterocycles. The van der Waals surface area contributed by atoms with Crippen molar-refractivity contribution >= 4 is 11.8 Å². The van der Waals surface area contributed by atoms with Gasteiger partial charge in [-0.1, -0.05) is 109 Å². The molecule has 2 N–H and O–H groups in total. The molecule has 0 aliphatic carbocycles. The number of para-hydroxylation sites is 2. The number of aryl methyl sites for hydroxylation is 2. The number of aromatic nitrogens is 2. The summed E-state index contributed by atoms with van der Waals surface area (Å²) in [4.78, 5) is 54.0. The molecular weight excluding hydrogens is 813 g/mol. The van der Waals surface area contributed by atoms with E-state index in [1.807, 2.05) is 145 Å². The molecule has 4 bridgehead atoms. The number of carbonyl (C=O) groups excluding carboxylic acids is 2. The lowest BCUT2D eigenvalue weighted by molar-refractivity contribution is 0.0694. The molecule has 2 amide bonds. The number of pyridine rings is 2. The van der Waals surface area contributed by atoms with Gasteiger partial charge in [0.25, 0.3) is 11.8 Å². The summed E-state index contributed by atoms with van der Waals surface area (Å²) in [6.07, 6.45) is 10.6. The number of carbonyl (C=O) groups is 2. The van der Waals surface area contributed by atoms with Crippen LogP contribution < -0.4 is 30.3 Å². The van der Waals surface area contributed by atoms with Crippen LogP contribution >= 0.6 is 0 Å². The van der Waals surface area contributed by atoms with E-state index >= 15 is 0 Å². The number of aromatic hydroxyl groups is 2. The zero-order valence-corrected chi connectivity index (χ0v) is 35.3. The van der Waals surface area contributed by atoms with Crippen LogP contribution in [-0.2, 0) is 0 Å². The van der Waals surface area contributed by atoms with Gasteiger partial charge < -0.3 is 29.5 Å². The van der Waals surface area contributed by atoms with E-state index in [1.54, 1.807) is 31.5 Å². The van der Waals surface area contributed by atoms with Gasteiger partial charge >= 0.3 is 0 Å². The summed E-state index contributed by atoms with van der Waals surface area (Å²) in [6.45, 7) is 5.96. The summed E-state index contributed by atoms with van der Waals surface area (Å²) >= 11 is 0. The fourth-order valence-electron chi connectivity index (χ4n) is 8.74. The lowest BCUT2D eigenvalue weighted by Gasteiger charge is -2.44. The molecule has 0 unspecified atom stereocenters. The number of fused-ring (bicyclic) bond motifs is 10. The molecule has 0 saturated carbocycles. The van der Waals surface area contributed by atoms with Gasteiger partial charge in [-0.2, -0.15) is 0 Å². The van der Waals surface area contributed by atoms with Gasteiger partial charge in [-0.05, 0) is 48.3 Å². The molecule has 14 nitrogen and oxygen atoms in total. The highest BCUT2D eigenvalue weighted by Gasteiger charge is 2.39. The summed E-state index contributed by atoms with van der Waals surface area (Å²) in [5.41, 5.74) is 4.63. The highest BCUT2D eigenvalue weighted by atomic mass is 16.5. The van der Waals surface area contributed by atoms with Crippen molar-refractivity contribution in [1.29, 1.82) is 0 Å². The molecule has 324 valence electrons. The van der Waals surface area contributed by atoms with Gasteiger partial charge in [-0.25, -0.2) is 0 Å². The molecule has 64 heavy (non-hydrogen) atoms. The number of ether oxygens (including phenoxy) is 2. The van der Waals surface area contributed by atoms with E-state index in [2.05, 4.69) is 0 Å². The summed E-state index contributed by atoms with van der Waals surface area (Å²) < 4.78 is 15.6. The van der Waals surface area contributed by atoms with E-state index < -0.39 is 34.2 Å². The van der Waals surface area contributed by atoms with Crippen molar-refractivity contribution in [1.82, 2.24) is 19.2 Å². The fraction of sp³-hybridized carbons (Fsp3) is 0.200. The Hall–Kier alpha value is -8.00. The quantitative estimate of drug-likeness (QED) is 0.202. The van der Waals surface area contributed by atoms with Crippen molar-refractivity contribution in [3.8, 4) is 23.0 Å². The molecule has 4 aliphatic heterocycles. The zero-order chi connectivity index (χ0) is 44.5. The smallest absolute Gasteiger partial charge is 0.278 e. The zero-order valence-electron chi connectivity index (χ0n) is 35.3. The Balaban J connectivity index is 0.000000162. The minimum atomic E-state index is -0.581. The molecular formula is C50H46N6O8. The third kappa shape index (κ3) is 7.52. The predicted molar refractivity (Wildman–Crippen MR) is 241 cm³/mol. The monoisotopic (exact) mass is 858 g/mol. The maximum absolute atomic E-state index is 13.2. The SMILES string of the molecule is Cc1cccc2c1OC/C=C\CN1CN([C@@H]2c2ccccc2)n2ccc(=O)c(O)c2C1=O.Cc1cccc2c1OC/C=C\CN1CN([C@H]2c2ccccc2)n2ccc(=O)c(O)c2C1=O. The van der Waals surface area contributed by atoms with Crippen molar-refractivity contribution in [2.75, 3.05) is 49.7 Å². The van der Waals surface area contributed by atoms with Gasteiger partial charge in [-0.3, -0.25) is 38.5 Å². The number of hydrogen-bond acceptors (Lipinski definition) is 10. The number of nitrogens with zero attached hydrogens (tertiary/aromatic N) is 6. The van der Waals surface area contributed by atoms with Crippen LogP contribution in [0.2, 0.25) is 0 Å². The molecule has 6 heterocycles. The molecule has 0 fully saturated rings. The third-order valence-corrected chi connectivity index (χ3v) is 11.8. The standard InChI is InChI=1S/2C25H23N3O4/c2*1-17-8-7-11-19-21(18-9-3-2-4-10-18)28-16-26(13-5-6-15-32-24(17)19)25(31)22-23(30)20(29)12-14-27(22)28/h2*2-12,14,21,30H,13,15-16H2,1H3/b2*6-5-/t2*21-/m10/s1. The van der Waals surface area contributed by atoms with Gasteiger partial charge in [-0.15, -0.1) is 0 Å². The van der Waals surface area contributed by atoms with Crippen molar-refractivity contribution < 1.29 is 29.3 Å². The average molecular weight is 859 g/mol. The van der Waals surface area contributed by atoms with Crippen LogP contribution in [-0.4, -0.2) is 80.8 Å². The van der Waals surface area contributed by atoms with Crippen molar-refractivity contribution in [2.45, 2.75) is 25.9 Å². The van der Waals surface area contributed by atoms with Crippen molar-refractivity contribution in [2.24, 2.45) is 0 Å². The molecule has 0 radical (unpaired) electrons. The topological polar surface area (TPSA) is 150 Å². The molecule has 14 heteroatoms. The highest BCUT2D eigenvalue weighted by Crippen LogP contribution is 2.40. The third-order valence-electron chi connectivity index (χ3n) is 11.8. The highest BCUT2D eigenvalue weighted by molar-refractivity contribution is 5.97. The van der Waals surface area contributed by atoms with Gasteiger partial charge in [0.2, 0.25) is 10.9 Å². The van der Waals surface area contributed by atoms with E-state index in [4.69, 9.17) is 9.47 Å². The van der Waals surface area contributed by atoms with Crippen LogP contribution in [0.1, 0.15) is 66.4 Å². The van der Waals surface area contributed by atoms with Crippen LogP contribution in [0.4, 0.5) is 0 Å². The van der Waals surface area contributed by atoms with Crippen molar-refractivity contribution in [3.05, 3.63) is 211 Å². The number of amides is 2. The van der Waals surface area contributed by atoms with Gasteiger partial charge in [0.05, 0.1) is 0 Å². The van der Waals surface area contributed by atoms with Gasteiger partial charge in [0, 0.05) is 48.7 Å². The Morgan fingerprint density at radius 1 is 0.500 bits per heavy atom. The second-order valence-corrected chi connectivity index (χ2v) is 15.8.